The van der Waals surface area contributed by atoms with Gasteiger partial charge in [0.15, 0.2) is 11.5 Å². The molecule has 0 aromatic carbocycles. The van der Waals surface area contributed by atoms with Gasteiger partial charge in [0, 0.05) is 12.2 Å². The maximum Gasteiger partial charge on any atom is 0.327 e. The molecule has 4 heterocycles. The average molecular weight is 340 g/mol. The summed E-state index contributed by atoms with van der Waals surface area (Å²) in [4.78, 5) is 28.2. The summed E-state index contributed by atoms with van der Waals surface area (Å²) in [6, 6.07) is 2.91. The fourth-order valence-electron chi connectivity index (χ4n) is 2.84. The molecule has 0 aliphatic rings. The predicted molar refractivity (Wildman–Crippen MR) is 91.8 cm³/mol. The summed E-state index contributed by atoms with van der Waals surface area (Å²) in [6.45, 7) is 6.07. The molecule has 0 amide bonds. The molecule has 0 spiro atoms. The lowest BCUT2D eigenvalue weighted by Crippen LogP contribution is -2.24. The van der Waals surface area contributed by atoms with Gasteiger partial charge in [-0.25, -0.2) is 24.1 Å². The molecule has 0 saturated heterocycles. The number of hydrogen-bond acceptors (Lipinski definition) is 4. The van der Waals surface area contributed by atoms with Gasteiger partial charge in [0.2, 0.25) is 0 Å². The molecule has 0 saturated carbocycles. The van der Waals surface area contributed by atoms with E-state index in [1.54, 1.807) is 27.4 Å². The molecule has 1 atom stereocenters. The van der Waals surface area contributed by atoms with Crippen LogP contribution >= 0.6 is 0 Å². The maximum atomic E-state index is 13.6. The highest BCUT2D eigenvalue weighted by Crippen LogP contribution is 2.22. The molecular formula is C17H17FN6O. The first-order chi connectivity index (χ1) is 12.0. The first kappa shape index (κ1) is 15.5. The molecule has 4 aromatic heterocycles. The van der Waals surface area contributed by atoms with E-state index < -0.39 is 0 Å². The molecule has 25 heavy (non-hydrogen) atoms. The third-order valence-corrected chi connectivity index (χ3v) is 4.53. The molecule has 7 nitrogen and oxygen atoms in total. The number of nitrogens with one attached hydrogen (secondary N) is 1. The summed E-state index contributed by atoms with van der Waals surface area (Å²) in [5.74, 6) is 0.272. The van der Waals surface area contributed by atoms with Gasteiger partial charge in [-0.05, 0) is 25.0 Å². The molecule has 0 fully saturated rings. The topological polar surface area (TPSA) is 80.9 Å². The Morgan fingerprint density at radius 1 is 1.16 bits per heavy atom. The van der Waals surface area contributed by atoms with Crippen LogP contribution in [0.25, 0.3) is 28.3 Å². The number of aromatic nitrogens is 6. The van der Waals surface area contributed by atoms with Gasteiger partial charge in [-0.3, -0.25) is 8.97 Å². The third kappa shape index (κ3) is 2.41. The first-order valence-electron chi connectivity index (χ1n) is 8.06. The van der Waals surface area contributed by atoms with Crippen molar-refractivity contribution < 1.29 is 4.39 Å². The number of pyridine rings is 1. The molecule has 8 heteroatoms. The number of rotatable bonds is 3. The van der Waals surface area contributed by atoms with Gasteiger partial charge >= 0.3 is 5.69 Å². The van der Waals surface area contributed by atoms with Gasteiger partial charge < -0.3 is 4.98 Å². The molecule has 1 N–H and O–H groups in total. The van der Waals surface area contributed by atoms with Gasteiger partial charge in [0.25, 0.3) is 0 Å². The highest BCUT2D eigenvalue weighted by Gasteiger charge is 2.19. The van der Waals surface area contributed by atoms with E-state index in [4.69, 9.17) is 0 Å². The van der Waals surface area contributed by atoms with Crippen LogP contribution in [0.2, 0.25) is 0 Å². The van der Waals surface area contributed by atoms with Crippen LogP contribution in [0, 0.1) is 11.7 Å². The van der Waals surface area contributed by atoms with Crippen LogP contribution in [0.15, 0.2) is 35.5 Å². The minimum Gasteiger partial charge on any atom is -0.303 e. The van der Waals surface area contributed by atoms with Crippen molar-refractivity contribution in [3.63, 3.8) is 0 Å². The zero-order valence-electron chi connectivity index (χ0n) is 14.1. The Morgan fingerprint density at radius 2 is 1.96 bits per heavy atom. The van der Waals surface area contributed by atoms with Crippen LogP contribution in [-0.2, 0) is 0 Å². The summed E-state index contributed by atoms with van der Waals surface area (Å²) in [5.41, 5.74) is 2.05. The smallest absolute Gasteiger partial charge is 0.303 e. The van der Waals surface area contributed by atoms with Crippen molar-refractivity contribution >= 4 is 16.8 Å². The van der Waals surface area contributed by atoms with Crippen molar-refractivity contribution in [2.24, 2.45) is 5.92 Å². The molecule has 4 rings (SSSR count). The van der Waals surface area contributed by atoms with Crippen molar-refractivity contribution in [1.82, 2.24) is 28.9 Å². The quantitative estimate of drug-likeness (QED) is 0.622. The summed E-state index contributed by atoms with van der Waals surface area (Å²) in [5, 5.41) is 0. The van der Waals surface area contributed by atoms with E-state index in [1.807, 2.05) is 20.8 Å². The summed E-state index contributed by atoms with van der Waals surface area (Å²) >= 11 is 0. The zero-order valence-corrected chi connectivity index (χ0v) is 14.1. The second kappa shape index (κ2) is 5.51. The summed E-state index contributed by atoms with van der Waals surface area (Å²) in [6.07, 6.45) is 4.50. The molecule has 128 valence electrons. The fourth-order valence-corrected chi connectivity index (χ4v) is 2.84. The molecule has 0 aliphatic carbocycles. The standard InChI is InChI=1S/C17H17FN6O/c1-9(2)10(3)24-16-12(21-17(24)25)6-20-15(22-16)13-7-19-14-5-4-11(18)8-23(13)14/h4-10H,1-3H3,(H,21,25). The van der Waals surface area contributed by atoms with Gasteiger partial charge in [0.05, 0.1) is 12.4 Å². The normalized spacial score (nSPS) is 13.2. The monoisotopic (exact) mass is 340 g/mol. The molecule has 0 radical (unpaired) electrons. The number of aromatic amines is 1. The van der Waals surface area contributed by atoms with Gasteiger partial charge in [0.1, 0.15) is 22.7 Å². The van der Waals surface area contributed by atoms with Crippen LogP contribution in [-0.4, -0.2) is 28.9 Å². The lowest BCUT2D eigenvalue weighted by Gasteiger charge is -2.16. The Kier molecular flexibility index (Phi) is 3.41. The minimum atomic E-state index is -0.375. The van der Waals surface area contributed by atoms with E-state index in [2.05, 4.69) is 19.9 Å². The van der Waals surface area contributed by atoms with Crippen LogP contribution in [0.4, 0.5) is 4.39 Å². The summed E-state index contributed by atoms with van der Waals surface area (Å²) < 4.78 is 16.8. The number of hydrogen-bond donors (Lipinski definition) is 1. The van der Waals surface area contributed by atoms with Gasteiger partial charge in [-0.1, -0.05) is 13.8 Å². The van der Waals surface area contributed by atoms with Crippen molar-refractivity contribution in [1.29, 1.82) is 0 Å². The Hall–Kier alpha value is -3.03. The van der Waals surface area contributed by atoms with Crippen molar-refractivity contribution in [2.45, 2.75) is 26.8 Å². The van der Waals surface area contributed by atoms with E-state index in [-0.39, 0.29) is 23.5 Å². The number of imidazole rings is 2. The minimum absolute atomic E-state index is 0.0244. The van der Waals surface area contributed by atoms with Crippen LogP contribution in [0.5, 0.6) is 0 Å². The van der Waals surface area contributed by atoms with Crippen LogP contribution < -0.4 is 5.69 Å². The molecule has 0 bridgehead atoms. The predicted octanol–water partition coefficient (Wildman–Crippen LogP) is 2.79. The van der Waals surface area contributed by atoms with Crippen molar-refractivity contribution in [3.8, 4) is 11.5 Å². The van der Waals surface area contributed by atoms with Gasteiger partial charge in [-0.15, -0.1) is 0 Å². The number of nitrogens with zero attached hydrogens (tertiary/aromatic N) is 5. The van der Waals surface area contributed by atoms with E-state index >= 15 is 0 Å². The summed E-state index contributed by atoms with van der Waals surface area (Å²) in [7, 11) is 0. The number of H-pyrrole nitrogens is 1. The Bertz CT molecular complexity index is 1140. The Morgan fingerprint density at radius 3 is 2.72 bits per heavy atom. The van der Waals surface area contributed by atoms with E-state index in [1.165, 1.54) is 12.3 Å². The van der Waals surface area contributed by atoms with Crippen LogP contribution in [0.3, 0.4) is 0 Å². The molecule has 1 unspecified atom stereocenters. The SMILES string of the molecule is CC(C)C(C)n1c(=O)[nH]c2cnc(-c3cnc4ccc(F)cn34)nc21. The highest BCUT2D eigenvalue weighted by molar-refractivity contribution is 5.72. The van der Waals surface area contributed by atoms with Crippen LogP contribution in [0.1, 0.15) is 26.8 Å². The first-order valence-corrected chi connectivity index (χ1v) is 8.06. The molecule has 0 aliphatic heterocycles. The zero-order chi connectivity index (χ0) is 17.7. The van der Waals surface area contributed by atoms with Gasteiger partial charge in [-0.2, -0.15) is 0 Å². The second-order valence-electron chi connectivity index (χ2n) is 6.43. The van der Waals surface area contributed by atoms with E-state index in [9.17, 15) is 9.18 Å². The second-order valence-corrected chi connectivity index (χ2v) is 6.43. The maximum absolute atomic E-state index is 13.6. The Balaban J connectivity index is 1.95. The average Bonchev–Trinajstić information content (AvgIpc) is 3.13. The molecular weight excluding hydrogens is 323 g/mol. The largest absolute Gasteiger partial charge is 0.327 e. The van der Waals surface area contributed by atoms with E-state index in [0.717, 1.165) is 0 Å². The fraction of sp³-hybridized carbons (Fsp3) is 0.294. The third-order valence-electron chi connectivity index (χ3n) is 4.53. The van der Waals surface area contributed by atoms with Crippen molar-refractivity contribution in [3.05, 3.63) is 47.0 Å². The highest BCUT2D eigenvalue weighted by atomic mass is 19.1. The molecule has 4 aromatic rings. The Labute approximate surface area is 142 Å². The number of halogens is 1. The lowest BCUT2D eigenvalue weighted by atomic mass is 10.1. The van der Waals surface area contributed by atoms with E-state index in [0.29, 0.717) is 28.3 Å². The van der Waals surface area contributed by atoms with Crippen molar-refractivity contribution in [2.75, 3.05) is 0 Å². The lowest BCUT2D eigenvalue weighted by molar-refractivity contribution is 0.406. The number of fused-ring (bicyclic) bond motifs is 2.